The number of aryl methyl sites for hydroxylation is 1. The molecule has 156 valence electrons. The van der Waals surface area contributed by atoms with E-state index in [2.05, 4.69) is 4.72 Å². The summed E-state index contributed by atoms with van der Waals surface area (Å²) in [6.07, 6.45) is 1.66. The van der Waals surface area contributed by atoms with Gasteiger partial charge in [0.1, 0.15) is 5.75 Å². The Balaban J connectivity index is 1.63. The van der Waals surface area contributed by atoms with E-state index >= 15 is 0 Å². The van der Waals surface area contributed by atoms with Gasteiger partial charge in [-0.25, -0.2) is 8.93 Å². The van der Waals surface area contributed by atoms with Gasteiger partial charge in [-0.05, 0) is 50.7 Å². The summed E-state index contributed by atoms with van der Waals surface area (Å²) in [7, 11) is 0. The smallest absolute Gasteiger partial charge is 0.254 e. The van der Waals surface area contributed by atoms with Crippen LogP contribution in [0.25, 0.3) is 0 Å². The first-order valence-corrected chi connectivity index (χ1v) is 10.7. The van der Waals surface area contributed by atoms with E-state index in [0.29, 0.717) is 26.1 Å². The van der Waals surface area contributed by atoms with Gasteiger partial charge in [0.05, 0.1) is 24.5 Å². The molecule has 1 aromatic rings. The van der Waals surface area contributed by atoms with E-state index in [1.165, 1.54) is 0 Å². The number of ether oxygens (including phenoxy) is 2. The van der Waals surface area contributed by atoms with Crippen molar-refractivity contribution in [2.75, 3.05) is 19.7 Å². The summed E-state index contributed by atoms with van der Waals surface area (Å²) in [6.45, 7) is 7.25. The van der Waals surface area contributed by atoms with Crippen LogP contribution in [-0.2, 0) is 26.1 Å². The van der Waals surface area contributed by atoms with E-state index in [4.69, 9.17) is 9.47 Å². The maximum absolute atomic E-state index is 12.8. The fourth-order valence-corrected chi connectivity index (χ4v) is 4.45. The first kappa shape index (κ1) is 21.2. The van der Waals surface area contributed by atoms with Gasteiger partial charge in [0, 0.05) is 18.7 Å². The van der Waals surface area contributed by atoms with Crippen LogP contribution in [-0.4, -0.2) is 51.7 Å². The normalized spacial score (nSPS) is 27.1. The second kappa shape index (κ2) is 8.90. The molecule has 0 saturated carbocycles. The minimum atomic E-state index is -0.677. The number of likely N-dealkylation sites (tertiary alicyclic amines) is 1. The number of hydrogen-bond acceptors (Lipinski definition) is 5. The summed E-state index contributed by atoms with van der Waals surface area (Å²) in [4.78, 5) is 14.6. The molecule has 0 radical (unpaired) electrons. The highest BCUT2D eigenvalue weighted by Gasteiger charge is 2.42. The van der Waals surface area contributed by atoms with Crippen LogP contribution in [0.1, 0.15) is 50.3 Å². The molecule has 1 unspecified atom stereocenters. The summed E-state index contributed by atoms with van der Waals surface area (Å²) in [6, 6.07) is 5.30. The maximum atomic E-state index is 12.8. The Bertz CT molecular complexity index is 723. The van der Waals surface area contributed by atoms with Crippen molar-refractivity contribution in [1.82, 2.24) is 9.62 Å². The lowest BCUT2D eigenvalue weighted by Gasteiger charge is -2.37. The van der Waals surface area contributed by atoms with Crippen LogP contribution in [0.2, 0.25) is 0 Å². The van der Waals surface area contributed by atoms with E-state index in [1.807, 2.05) is 37.8 Å². The van der Waals surface area contributed by atoms with Crippen LogP contribution in [0.5, 0.6) is 5.75 Å². The Kier molecular flexibility index (Phi) is 6.75. The maximum Gasteiger partial charge on any atom is 0.254 e. The van der Waals surface area contributed by atoms with Crippen molar-refractivity contribution in [1.29, 1.82) is 0 Å². The van der Waals surface area contributed by atoms with Crippen molar-refractivity contribution in [2.24, 2.45) is 5.92 Å². The van der Waals surface area contributed by atoms with Gasteiger partial charge in [-0.1, -0.05) is 19.1 Å². The van der Waals surface area contributed by atoms with Gasteiger partial charge in [0.25, 0.3) is 5.91 Å². The molecule has 0 aliphatic carbocycles. The quantitative estimate of drug-likeness (QED) is 0.624. The van der Waals surface area contributed by atoms with Crippen LogP contribution in [0.4, 0.5) is 0 Å². The van der Waals surface area contributed by atoms with Crippen molar-refractivity contribution >= 4 is 17.8 Å². The van der Waals surface area contributed by atoms with Crippen LogP contribution in [0.3, 0.4) is 0 Å². The van der Waals surface area contributed by atoms with E-state index in [1.54, 1.807) is 6.07 Å². The first-order chi connectivity index (χ1) is 13.4. The van der Waals surface area contributed by atoms with Crippen molar-refractivity contribution < 1.29 is 23.6 Å². The molecule has 2 N–H and O–H groups in total. The zero-order chi connectivity index (χ0) is 20.3. The molecule has 1 aromatic carbocycles. The fourth-order valence-electron chi connectivity index (χ4n) is 3.99. The predicted octanol–water partition coefficient (Wildman–Crippen LogP) is 1.97. The van der Waals surface area contributed by atoms with Crippen molar-refractivity contribution in [3.8, 4) is 5.75 Å². The Morgan fingerprint density at radius 3 is 2.71 bits per heavy atom. The Morgan fingerprint density at radius 2 is 2.14 bits per heavy atom. The molecule has 1 amide bonds. The third kappa shape index (κ3) is 4.56. The van der Waals surface area contributed by atoms with Gasteiger partial charge >= 0.3 is 0 Å². The third-order valence-electron chi connectivity index (χ3n) is 5.88. The monoisotopic (exact) mass is 410 g/mol. The van der Waals surface area contributed by atoms with Gasteiger partial charge in [0.2, 0.25) is 0 Å². The molecule has 0 spiro atoms. The topological polar surface area (TPSA) is 88.1 Å². The molecule has 0 aromatic heterocycles. The van der Waals surface area contributed by atoms with Crippen LogP contribution in [0, 0.1) is 12.8 Å². The van der Waals surface area contributed by atoms with Gasteiger partial charge in [-0.3, -0.25) is 4.79 Å². The number of amides is 1. The number of carbonyl (C=O) groups excluding carboxylic acids is 1. The number of nitrogens with one attached hydrogen (secondary N) is 1. The zero-order valence-corrected chi connectivity index (χ0v) is 17.6. The molecule has 2 aliphatic rings. The number of thiol groups is 1. The highest BCUT2D eigenvalue weighted by atomic mass is 32.2. The molecule has 2 saturated heterocycles. The number of aromatic hydroxyl groups is 1. The Hall–Kier alpha value is -1.48. The standard InChI is InChI=1S/C20H30N2O5S/c1-4-20(3)26-12-17(27-20)19(24)22-9-7-14(8-10-22)18(21-28-25)15-6-5-13(2)11-16(15)23/h5-6,11,14,17-18,23,28H,4,7-10,12H2,1-3H3,(H,21,25)/t17-,18-,20?/m1/s1. The van der Waals surface area contributed by atoms with Gasteiger partial charge in [-0.15, -0.1) is 0 Å². The van der Waals surface area contributed by atoms with Gasteiger partial charge in [-0.2, -0.15) is 0 Å². The van der Waals surface area contributed by atoms with Gasteiger partial charge in [0.15, 0.2) is 11.9 Å². The van der Waals surface area contributed by atoms with Crippen LogP contribution < -0.4 is 4.72 Å². The molecule has 28 heavy (non-hydrogen) atoms. The number of rotatable bonds is 6. The summed E-state index contributed by atoms with van der Waals surface area (Å²) < 4.78 is 25.7. The predicted molar refractivity (Wildman–Crippen MR) is 107 cm³/mol. The lowest BCUT2D eigenvalue weighted by molar-refractivity contribution is -0.169. The van der Waals surface area contributed by atoms with Crippen molar-refractivity contribution in [3.05, 3.63) is 29.3 Å². The molecule has 3 atom stereocenters. The average molecular weight is 411 g/mol. The summed E-state index contributed by atoms with van der Waals surface area (Å²) in [5.41, 5.74) is 1.71. The number of piperidine rings is 1. The number of benzene rings is 1. The molecule has 7 nitrogen and oxygen atoms in total. The fraction of sp³-hybridized carbons (Fsp3) is 0.650. The van der Waals surface area contributed by atoms with Crippen molar-refractivity contribution in [3.63, 3.8) is 0 Å². The number of hydrogen-bond donors (Lipinski definition) is 3. The lowest BCUT2D eigenvalue weighted by Crippen LogP contribution is -2.46. The first-order valence-electron chi connectivity index (χ1n) is 9.85. The molecule has 2 aliphatic heterocycles. The molecule has 2 heterocycles. The highest BCUT2D eigenvalue weighted by molar-refractivity contribution is 7.63. The molecule has 8 heteroatoms. The Morgan fingerprint density at radius 1 is 1.43 bits per heavy atom. The SMILES string of the molecule is CCC1(C)OC[C@H](C(=O)N2CCC([C@@H](N[SH]=O)c3ccc(C)cc3O)CC2)O1. The molecule has 2 fully saturated rings. The number of phenols is 1. The van der Waals surface area contributed by atoms with Crippen LogP contribution >= 0.6 is 0 Å². The third-order valence-corrected chi connectivity index (χ3v) is 6.27. The summed E-state index contributed by atoms with van der Waals surface area (Å²) in [5, 5.41) is 10.3. The second-order valence-corrected chi connectivity index (χ2v) is 8.27. The largest absolute Gasteiger partial charge is 0.508 e. The summed E-state index contributed by atoms with van der Waals surface area (Å²) >= 11 is -0.174. The van der Waals surface area contributed by atoms with E-state index in [0.717, 1.165) is 24.0 Å². The van der Waals surface area contributed by atoms with E-state index in [9.17, 15) is 14.1 Å². The molecular weight excluding hydrogens is 380 g/mol. The summed E-state index contributed by atoms with van der Waals surface area (Å²) in [5.74, 6) is -0.333. The van der Waals surface area contributed by atoms with E-state index in [-0.39, 0.29) is 35.5 Å². The molecular formula is C20H30N2O5S. The van der Waals surface area contributed by atoms with Crippen molar-refractivity contribution in [2.45, 2.75) is 58.0 Å². The van der Waals surface area contributed by atoms with E-state index < -0.39 is 11.9 Å². The Labute approximate surface area is 170 Å². The number of nitrogens with zero attached hydrogens (tertiary/aromatic N) is 1. The number of carbonyl (C=O) groups is 1. The van der Waals surface area contributed by atoms with Crippen LogP contribution in [0.15, 0.2) is 18.2 Å². The van der Waals surface area contributed by atoms with Gasteiger partial charge < -0.3 is 19.5 Å². The lowest BCUT2D eigenvalue weighted by atomic mass is 9.85. The number of phenolic OH excluding ortho intramolecular Hbond substituents is 1. The highest BCUT2D eigenvalue weighted by Crippen LogP contribution is 2.36. The second-order valence-electron chi connectivity index (χ2n) is 7.83. The minimum absolute atomic E-state index is 0.0275. The zero-order valence-electron chi connectivity index (χ0n) is 16.7. The molecule has 0 bridgehead atoms. The minimum Gasteiger partial charge on any atom is -0.508 e. The average Bonchev–Trinajstić information content (AvgIpc) is 3.09. The molecule has 3 rings (SSSR count).